The molecule has 3 heterocycles. The van der Waals surface area contributed by atoms with Crippen LogP contribution in [0, 0.1) is 0 Å². The van der Waals surface area contributed by atoms with Crippen LogP contribution in [0.15, 0.2) is 18.6 Å². The van der Waals surface area contributed by atoms with E-state index in [1.165, 1.54) is 45.2 Å². The molecule has 0 saturated carbocycles. The van der Waals surface area contributed by atoms with Gasteiger partial charge in [-0.2, -0.15) is 0 Å². The van der Waals surface area contributed by atoms with E-state index in [9.17, 15) is 0 Å². The molecule has 5 nitrogen and oxygen atoms in total. The van der Waals surface area contributed by atoms with Gasteiger partial charge in [0, 0.05) is 25.8 Å². The maximum Gasteiger partial charge on any atom is 0.142 e. The van der Waals surface area contributed by atoms with E-state index in [4.69, 9.17) is 0 Å². The molecule has 0 bridgehead atoms. The summed E-state index contributed by atoms with van der Waals surface area (Å²) in [6.07, 6.45) is 10.2. The van der Waals surface area contributed by atoms with Crippen molar-refractivity contribution in [3.05, 3.63) is 18.6 Å². The van der Waals surface area contributed by atoms with Gasteiger partial charge in [-0.3, -0.25) is 0 Å². The lowest BCUT2D eigenvalue weighted by Gasteiger charge is -2.23. The van der Waals surface area contributed by atoms with Gasteiger partial charge in [-0.1, -0.05) is 26.2 Å². The Bertz CT molecular complexity index is 579. The minimum absolute atomic E-state index is 0.936. The molecule has 2 aromatic rings. The summed E-state index contributed by atoms with van der Waals surface area (Å²) in [7, 11) is 0. The van der Waals surface area contributed by atoms with Gasteiger partial charge in [0.05, 0.1) is 5.39 Å². The zero-order chi connectivity index (χ0) is 15.2. The van der Waals surface area contributed by atoms with Crippen molar-refractivity contribution < 1.29 is 0 Å². The van der Waals surface area contributed by atoms with Gasteiger partial charge >= 0.3 is 0 Å². The summed E-state index contributed by atoms with van der Waals surface area (Å²) in [4.78, 5) is 17.0. The van der Waals surface area contributed by atoms with Gasteiger partial charge < -0.3 is 14.8 Å². The first kappa shape index (κ1) is 15.3. The second-order valence-corrected chi connectivity index (χ2v) is 6.18. The first-order valence-electron chi connectivity index (χ1n) is 8.64. The van der Waals surface area contributed by atoms with Crippen molar-refractivity contribution >= 4 is 16.9 Å². The first-order chi connectivity index (χ1) is 10.9. The molecule has 0 amide bonds. The zero-order valence-electron chi connectivity index (χ0n) is 13.6. The second-order valence-electron chi connectivity index (χ2n) is 6.18. The standard InChI is InChI=1S/C17H27N5/c1-2-3-4-5-9-21-10-6-11-22(13-12-21)17-15-7-8-18-16(15)19-14-20-17/h7-8,14H,2-6,9-13H2,1H3,(H,18,19,20). The average Bonchev–Trinajstić information content (AvgIpc) is 2.90. The van der Waals surface area contributed by atoms with E-state index >= 15 is 0 Å². The minimum atomic E-state index is 0.936. The lowest BCUT2D eigenvalue weighted by molar-refractivity contribution is 0.286. The van der Waals surface area contributed by atoms with Gasteiger partial charge in [-0.05, 0) is 32.0 Å². The fourth-order valence-corrected chi connectivity index (χ4v) is 3.28. The van der Waals surface area contributed by atoms with Crippen LogP contribution in [0.3, 0.4) is 0 Å². The fraction of sp³-hybridized carbons (Fsp3) is 0.647. The average molecular weight is 301 g/mol. The third-order valence-electron chi connectivity index (χ3n) is 4.55. The Morgan fingerprint density at radius 2 is 2.05 bits per heavy atom. The second kappa shape index (κ2) is 7.58. The van der Waals surface area contributed by atoms with E-state index in [-0.39, 0.29) is 0 Å². The molecule has 22 heavy (non-hydrogen) atoms. The summed E-state index contributed by atoms with van der Waals surface area (Å²) >= 11 is 0. The van der Waals surface area contributed by atoms with Crippen molar-refractivity contribution in [3.63, 3.8) is 0 Å². The summed E-state index contributed by atoms with van der Waals surface area (Å²) < 4.78 is 0. The molecule has 0 radical (unpaired) electrons. The molecule has 0 aliphatic carbocycles. The molecule has 1 aliphatic rings. The zero-order valence-corrected chi connectivity index (χ0v) is 13.6. The van der Waals surface area contributed by atoms with E-state index in [0.717, 1.165) is 36.5 Å². The van der Waals surface area contributed by atoms with Crippen molar-refractivity contribution in [2.24, 2.45) is 0 Å². The third-order valence-corrected chi connectivity index (χ3v) is 4.55. The number of unbranched alkanes of at least 4 members (excludes halogenated alkanes) is 3. The van der Waals surface area contributed by atoms with Crippen LogP contribution in [0.25, 0.3) is 11.0 Å². The van der Waals surface area contributed by atoms with Crippen molar-refractivity contribution in [1.82, 2.24) is 19.9 Å². The SMILES string of the molecule is CCCCCCN1CCCN(c2ncnc3[nH]ccc23)CC1. The highest BCUT2D eigenvalue weighted by molar-refractivity contribution is 5.87. The smallest absolute Gasteiger partial charge is 0.142 e. The van der Waals surface area contributed by atoms with Gasteiger partial charge in [0.25, 0.3) is 0 Å². The van der Waals surface area contributed by atoms with Gasteiger partial charge in [0.15, 0.2) is 0 Å². The Hall–Kier alpha value is -1.62. The van der Waals surface area contributed by atoms with Crippen LogP contribution in [-0.2, 0) is 0 Å². The van der Waals surface area contributed by atoms with Gasteiger partial charge in [-0.15, -0.1) is 0 Å². The molecule has 3 rings (SSSR count). The number of fused-ring (bicyclic) bond motifs is 1. The lowest BCUT2D eigenvalue weighted by Crippen LogP contribution is -2.31. The quantitative estimate of drug-likeness (QED) is 0.833. The number of aromatic nitrogens is 3. The minimum Gasteiger partial charge on any atom is -0.355 e. The van der Waals surface area contributed by atoms with Gasteiger partial charge in [0.2, 0.25) is 0 Å². The molecule has 1 aliphatic heterocycles. The van der Waals surface area contributed by atoms with Crippen LogP contribution >= 0.6 is 0 Å². The van der Waals surface area contributed by atoms with Crippen molar-refractivity contribution in [2.75, 3.05) is 37.6 Å². The van der Waals surface area contributed by atoms with E-state index in [0.29, 0.717) is 0 Å². The number of aromatic amines is 1. The number of hydrogen-bond donors (Lipinski definition) is 1. The van der Waals surface area contributed by atoms with Crippen LogP contribution in [-0.4, -0.2) is 52.6 Å². The van der Waals surface area contributed by atoms with Crippen LogP contribution in [0.2, 0.25) is 0 Å². The third kappa shape index (κ3) is 3.58. The Balaban J connectivity index is 1.59. The Labute approximate surface area is 132 Å². The Morgan fingerprint density at radius 1 is 1.09 bits per heavy atom. The molecule has 1 saturated heterocycles. The summed E-state index contributed by atoms with van der Waals surface area (Å²) in [5.74, 6) is 1.08. The van der Waals surface area contributed by atoms with E-state index in [1.807, 2.05) is 6.20 Å². The molecular weight excluding hydrogens is 274 g/mol. The molecule has 0 unspecified atom stereocenters. The molecule has 120 valence electrons. The van der Waals surface area contributed by atoms with Crippen LogP contribution in [0.5, 0.6) is 0 Å². The number of nitrogens with one attached hydrogen (secondary N) is 1. The summed E-state index contributed by atoms with van der Waals surface area (Å²) in [6.45, 7) is 8.02. The molecule has 0 aromatic carbocycles. The van der Waals surface area contributed by atoms with E-state index < -0.39 is 0 Å². The number of anilines is 1. The molecule has 0 spiro atoms. The monoisotopic (exact) mass is 301 g/mol. The first-order valence-corrected chi connectivity index (χ1v) is 8.64. The van der Waals surface area contributed by atoms with Crippen molar-refractivity contribution in [1.29, 1.82) is 0 Å². The predicted molar refractivity (Wildman–Crippen MR) is 91.3 cm³/mol. The van der Waals surface area contributed by atoms with Crippen molar-refractivity contribution in [2.45, 2.75) is 39.0 Å². The molecule has 5 heteroatoms. The molecule has 1 N–H and O–H groups in total. The van der Waals surface area contributed by atoms with E-state index in [1.54, 1.807) is 6.33 Å². The molecule has 2 aromatic heterocycles. The van der Waals surface area contributed by atoms with Gasteiger partial charge in [-0.25, -0.2) is 9.97 Å². The fourth-order valence-electron chi connectivity index (χ4n) is 3.28. The molecular formula is C17H27N5. The molecule has 0 atom stereocenters. The Kier molecular flexibility index (Phi) is 5.27. The van der Waals surface area contributed by atoms with Crippen molar-refractivity contribution in [3.8, 4) is 0 Å². The molecule has 1 fully saturated rings. The highest BCUT2D eigenvalue weighted by Crippen LogP contribution is 2.23. The lowest BCUT2D eigenvalue weighted by atomic mass is 10.2. The predicted octanol–water partition coefficient (Wildman–Crippen LogP) is 3.05. The van der Waals surface area contributed by atoms with Crippen LogP contribution in [0.4, 0.5) is 5.82 Å². The number of nitrogens with zero attached hydrogens (tertiary/aromatic N) is 4. The number of H-pyrrole nitrogens is 1. The topological polar surface area (TPSA) is 48.1 Å². The number of hydrogen-bond acceptors (Lipinski definition) is 4. The highest BCUT2D eigenvalue weighted by Gasteiger charge is 2.18. The normalized spacial score (nSPS) is 17.0. The van der Waals surface area contributed by atoms with E-state index in [2.05, 4.69) is 37.7 Å². The van der Waals surface area contributed by atoms with Crippen LogP contribution < -0.4 is 4.90 Å². The Morgan fingerprint density at radius 3 is 2.95 bits per heavy atom. The summed E-state index contributed by atoms with van der Waals surface area (Å²) in [5, 5.41) is 1.14. The summed E-state index contributed by atoms with van der Waals surface area (Å²) in [6, 6.07) is 2.08. The highest BCUT2D eigenvalue weighted by atomic mass is 15.2. The van der Waals surface area contributed by atoms with Gasteiger partial charge in [0.1, 0.15) is 17.8 Å². The maximum atomic E-state index is 4.53. The summed E-state index contributed by atoms with van der Waals surface area (Å²) in [5.41, 5.74) is 0.936. The van der Waals surface area contributed by atoms with Crippen LogP contribution in [0.1, 0.15) is 39.0 Å². The largest absolute Gasteiger partial charge is 0.355 e. The maximum absolute atomic E-state index is 4.53. The number of rotatable bonds is 6.